The number of ether oxygens (including phenoxy) is 2. The summed E-state index contributed by atoms with van der Waals surface area (Å²) in [5.41, 5.74) is 0.996. The number of aliphatic hydroxyl groups is 1. The third-order valence-electron chi connectivity index (χ3n) is 9.26. The molecule has 0 spiro atoms. The van der Waals surface area contributed by atoms with E-state index in [0.717, 1.165) is 11.1 Å². The van der Waals surface area contributed by atoms with E-state index in [1.54, 1.807) is 12.2 Å². The lowest BCUT2D eigenvalue weighted by Gasteiger charge is -2.53. The lowest BCUT2D eigenvalue weighted by molar-refractivity contribution is -0.174. The van der Waals surface area contributed by atoms with E-state index in [1.807, 2.05) is 24.3 Å². The summed E-state index contributed by atoms with van der Waals surface area (Å²) in [4.78, 5) is 31.9. The first kappa shape index (κ1) is 31.3. The lowest BCUT2D eigenvalue weighted by Crippen LogP contribution is -2.60. The average molecular weight is 543 g/mol. The molecule has 2 fully saturated rings. The van der Waals surface area contributed by atoms with E-state index in [-0.39, 0.29) is 41.0 Å². The van der Waals surface area contributed by atoms with Crippen molar-refractivity contribution in [3.05, 3.63) is 41.5 Å². The Hall–Kier alpha value is -2.22. The van der Waals surface area contributed by atoms with E-state index < -0.39 is 17.9 Å². The van der Waals surface area contributed by atoms with E-state index in [1.165, 1.54) is 0 Å². The van der Waals surface area contributed by atoms with Gasteiger partial charge in [-0.05, 0) is 80.6 Å². The molecule has 0 aromatic heterocycles. The summed E-state index contributed by atoms with van der Waals surface area (Å²) >= 11 is 0. The molecule has 1 aromatic carbocycles. The van der Waals surface area contributed by atoms with Crippen LogP contribution in [0.15, 0.2) is 30.3 Å². The zero-order valence-electron chi connectivity index (χ0n) is 25.7. The predicted octanol–water partition coefficient (Wildman–Crippen LogP) is 5.20. The molecule has 1 N–H and O–H groups in total. The van der Waals surface area contributed by atoms with E-state index in [2.05, 4.69) is 79.3 Å². The van der Waals surface area contributed by atoms with Crippen molar-refractivity contribution < 1.29 is 24.2 Å². The molecule has 0 atom stereocenters. The van der Waals surface area contributed by atoms with E-state index in [0.29, 0.717) is 25.7 Å². The first-order valence-electron chi connectivity index (χ1n) is 14.1. The molecule has 2 saturated heterocycles. The van der Waals surface area contributed by atoms with Gasteiger partial charge in [0.2, 0.25) is 0 Å². The van der Waals surface area contributed by atoms with Crippen molar-refractivity contribution in [1.82, 2.24) is 9.80 Å². The number of hydrogen-bond acceptors (Lipinski definition) is 7. The summed E-state index contributed by atoms with van der Waals surface area (Å²) in [7, 11) is 4.21. The van der Waals surface area contributed by atoms with Crippen LogP contribution >= 0.6 is 0 Å². The third kappa shape index (κ3) is 7.30. The van der Waals surface area contributed by atoms with Gasteiger partial charge in [-0.2, -0.15) is 0 Å². The summed E-state index contributed by atoms with van der Waals surface area (Å²) in [5, 5.41) is 9.34. The van der Waals surface area contributed by atoms with Crippen molar-refractivity contribution in [3.8, 4) is 0 Å². The number of esters is 2. The highest BCUT2D eigenvalue weighted by Crippen LogP contribution is 2.40. The van der Waals surface area contributed by atoms with Gasteiger partial charge in [0.1, 0.15) is 12.2 Å². The Bertz CT molecular complexity index is 965. The van der Waals surface area contributed by atoms with Gasteiger partial charge in [0.25, 0.3) is 0 Å². The minimum absolute atomic E-state index is 0.0438. The fourth-order valence-corrected chi connectivity index (χ4v) is 6.40. The molecular weight excluding hydrogens is 492 g/mol. The third-order valence-corrected chi connectivity index (χ3v) is 9.26. The van der Waals surface area contributed by atoms with Gasteiger partial charge in [0.15, 0.2) is 5.92 Å². The summed E-state index contributed by atoms with van der Waals surface area (Å²) in [6, 6.07) is 7.33. The molecule has 0 bridgehead atoms. The molecule has 2 heterocycles. The van der Waals surface area contributed by atoms with Crippen LogP contribution in [0.2, 0.25) is 0 Å². The largest absolute Gasteiger partial charge is 0.461 e. The fraction of sp³-hybridized carbons (Fsp3) is 0.688. The molecule has 2 aliphatic rings. The molecule has 0 aliphatic carbocycles. The second kappa shape index (κ2) is 11.3. The smallest absolute Gasteiger partial charge is 0.324 e. The monoisotopic (exact) mass is 542 g/mol. The minimum atomic E-state index is -1.17. The van der Waals surface area contributed by atoms with Crippen molar-refractivity contribution in [3.63, 3.8) is 0 Å². The summed E-state index contributed by atoms with van der Waals surface area (Å²) in [6.07, 6.45) is 5.48. The molecule has 218 valence electrons. The van der Waals surface area contributed by atoms with Crippen LogP contribution < -0.4 is 0 Å². The number of benzene rings is 1. The SMILES string of the molecule is CN1C(C)(C)CC(OC(=O)C(C=Cc2ccc(CO)cc2)C(=O)OC2CC(C)(C)N(C)C(C)(C)C2)CC1(C)C. The standard InChI is InChI=1S/C32H50N2O5/c1-29(2)17-24(18-30(3,4)33(29)9)38-27(36)26(16-15-22-11-13-23(21-35)14-12-22)28(37)39-25-19-31(5,6)34(10)32(7,8)20-25/h11-16,24-26,35H,17-21H2,1-10H3. The van der Waals surface area contributed by atoms with Gasteiger partial charge in [-0.3, -0.25) is 19.4 Å². The van der Waals surface area contributed by atoms with Gasteiger partial charge >= 0.3 is 11.9 Å². The zero-order chi connectivity index (χ0) is 29.4. The topological polar surface area (TPSA) is 79.3 Å². The maximum absolute atomic E-state index is 13.6. The van der Waals surface area contributed by atoms with Gasteiger partial charge in [-0.1, -0.05) is 36.4 Å². The van der Waals surface area contributed by atoms with Gasteiger partial charge < -0.3 is 14.6 Å². The molecule has 0 saturated carbocycles. The highest BCUT2D eigenvalue weighted by molar-refractivity contribution is 5.98. The molecule has 2 aliphatic heterocycles. The summed E-state index contributed by atoms with van der Waals surface area (Å²) in [6.45, 7) is 17.2. The number of nitrogens with zero attached hydrogens (tertiary/aromatic N) is 2. The predicted molar refractivity (Wildman–Crippen MR) is 155 cm³/mol. The van der Waals surface area contributed by atoms with Crippen LogP contribution in [-0.4, -0.2) is 75.3 Å². The first-order chi connectivity index (χ1) is 17.9. The summed E-state index contributed by atoms with van der Waals surface area (Å²) in [5.74, 6) is -2.31. The number of rotatable bonds is 7. The number of hydrogen-bond donors (Lipinski definition) is 1. The minimum Gasteiger partial charge on any atom is -0.461 e. The Morgan fingerprint density at radius 1 is 0.795 bits per heavy atom. The molecule has 0 amide bonds. The molecule has 3 rings (SSSR count). The highest BCUT2D eigenvalue weighted by atomic mass is 16.6. The van der Waals surface area contributed by atoms with Crippen molar-refractivity contribution in [2.75, 3.05) is 14.1 Å². The van der Waals surface area contributed by atoms with Gasteiger partial charge in [0, 0.05) is 47.8 Å². The normalized spacial score (nSPS) is 23.7. The van der Waals surface area contributed by atoms with Crippen molar-refractivity contribution >= 4 is 18.0 Å². The number of carbonyl (C=O) groups is 2. The van der Waals surface area contributed by atoms with E-state index in [9.17, 15) is 14.7 Å². The van der Waals surface area contributed by atoms with Crippen LogP contribution in [0.1, 0.15) is 92.2 Å². The van der Waals surface area contributed by atoms with Crippen molar-refractivity contribution in [2.45, 2.75) is 122 Å². The highest BCUT2D eigenvalue weighted by Gasteiger charge is 2.47. The Kier molecular flexibility index (Phi) is 9.10. The molecule has 7 nitrogen and oxygen atoms in total. The van der Waals surface area contributed by atoms with E-state index >= 15 is 0 Å². The van der Waals surface area contributed by atoms with Crippen molar-refractivity contribution in [1.29, 1.82) is 0 Å². The molecule has 0 radical (unpaired) electrons. The molecule has 0 unspecified atom stereocenters. The van der Waals surface area contributed by atoms with E-state index in [4.69, 9.17) is 9.47 Å². The number of carbonyl (C=O) groups excluding carboxylic acids is 2. The van der Waals surface area contributed by atoms with Crippen LogP contribution in [0.5, 0.6) is 0 Å². The van der Waals surface area contributed by atoms with Gasteiger partial charge in [-0.25, -0.2) is 0 Å². The number of piperidine rings is 2. The second-order valence-corrected chi connectivity index (χ2v) is 14.0. The summed E-state index contributed by atoms with van der Waals surface area (Å²) < 4.78 is 12.1. The molecule has 7 heteroatoms. The van der Waals surface area contributed by atoms with Crippen LogP contribution in [0.3, 0.4) is 0 Å². The molecular formula is C32H50N2O5. The second-order valence-electron chi connectivity index (χ2n) is 14.0. The fourth-order valence-electron chi connectivity index (χ4n) is 6.40. The maximum Gasteiger partial charge on any atom is 0.324 e. The number of likely N-dealkylation sites (tertiary alicyclic amines) is 2. The molecule has 39 heavy (non-hydrogen) atoms. The Balaban J connectivity index is 1.83. The van der Waals surface area contributed by atoms with Crippen LogP contribution in [0.25, 0.3) is 6.08 Å². The first-order valence-corrected chi connectivity index (χ1v) is 14.1. The maximum atomic E-state index is 13.6. The quantitative estimate of drug-likeness (QED) is 0.375. The Morgan fingerprint density at radius 3 is 1.49 bits per heavy atom. The Morgan fingerprint density at radius 2 is 1.15 bits per heavy atom. The van der Waals surface area contributed by atoms with Gasteiger partial charge in [0.05, 0.1) is 6.61 Å². The zero-order valence-corrected chi connectivity index (χ0v) is 25.7. The van der Waals surface area contributed by atoms with Crippen LogP contribution in [0, 0.1) is 5.92 Å². The average Bonchev–Trinajstić information content (AvgIpc) is 2.80. The van der Waals surface area contributed by atoms with Crippen LogP contribution in [0.4, 0.5) is 0 Å². The van der Waals surface area contributed by atoms with Crippen molar-refractivity contribution in [2.24, 2.45) is 5.92 Å². The van der Waals surface area contributed by atoms with Crippen LogP contribution in [-0.2, 0) is 25.7 Å². The molecule has 1 aromatic rings. The number of aliphatic hydroxyl groups excluding tert-OH is 1. The lowest BCUT2D eigenvalue weighted by atomic mass is 9.78. The Labute approximate surface area is 235 Å². The van der Waals surface area contributed by atoms with Gasteiger partial charge in [-0.15, -0.1) is 0 Å².